The Morgan fingerprint density at radius 2 is 1.85 bits per heavy atom. The molecule has 1 aliphatic rings. The number of aliphatic hydroxyl groups is 1. The molecule has 20 heavy (non-hydrogen) atoms. The Labute approximate surface area is 122 Å². The van der Waals surface area contributed by atoms with Crippen LogP contribution in [0.15, 0.2) is 30.3 Å². The third-order valence-corrected chi connectivity index (χ3v) is 4.71. The van der Waals surface area contributed by atoms with E-state index < -0.39 is 5.54 Å². The molecule has 1 aliphatic heterocycles. The number of likely N-dealkylation sites (tertiary alicyclic amines) is 1. The van der Waals surface area contributed by atoms with Crippen molar-refractivity contribution in [1.29, 1.82) is 0 Å². The summed E-state index contributed by atoms with van der Waals surface area (Å²) in [6.07, 6.45) is 2.49. The monoisotopic (exact) mass is 276 g/mol. The first-order chi connectivity index (χ1) is 9.55. The third-order valence-electron chi connectivity index (χ3n) is 4.71. The van der Waals surface area contributed by atoms with Gasteiger partial charge in [0.2, 0.25) is 0 Å². The van der Waals surface area contributed by atoms with E-state index in [2.05, 4.69) is 18.7 Å². The molecule has 1 aromatic rings. The maximum atomic E-state index is 9.76. The zero-order chi connectivity index (χ0) is 14.6. The zero-order valence-corrected chi connectivity index (χ0v) is 12.8. The van der Waals surface area contributed by atoms with Crippen molar-refractivity contribution in [1.82, 2.24) is 4.90 Å². The number of hydrogen-bond donors (Lipinski definition) is 2. The topological polar surface area (TPSA) is 49.5 Å². The first kappa shape index (κ1) is 15.5. The fourth-order valence-electron chi connectivity index (χ4n) is 3.18. The van der Waals surface area contributed by atoms with Crippen LogP contribution in [0, 0.1) is 11.8 Å². The molecule has 1 unspecified atom stereocenters. The van der Waals surface area contributed by atoms with Gasteiger partial charge in [-0.1, -0.05) is 44.2 Å². The second-order valence-corrected chi connectivity index (χ2v) is 6.54. The van der Waals surface area contributed by atoms with Crippen LogP contribution in [-0.2, 0) is 5.54 Å². The Morgan fingerprint density at radius 3 is 2.35 bits per heavy atom. The standard InChI is InChI=1S/C17H28N2O/c1-14(2)15-8-10-19(11-9-15)12-17(18,13-20)16-6-4-3-5-7-16/h3-7,14-15,20H,8-13,18H2,1-2H3. The molecule has 3 N–H and O–H groups in total. The van der Waals surface area contributed by atoms with Gasteiger partial charge in [0.15, 0.2) is 0 Å². The summed E-state index contributed by atoms with van der Waals surface area (Å²) < 4.78 is 0. The van der Waals surface area contributed by atoms with Gasteiger partial charge in [0.1, 0.15) is 0 Å². The second-order valence-electron chi connectivity index (χ2n) is 6.54. The molecular weight excluding hydrogens is 248 g/mol. The van der Waals surface area contributed by atoms with E-state index in [9.17, 15) is 5.11 Å². The SMILES string of the molecule is CC(C)C1CCN(CC(N)(CO)c2ccccc2)CC1. The van der Waals surface area contributed by atoms with E-state index in [4.69, 9.17) is 5.73 Å². The lowest BCUT2D eigenvalue weighted by atomic mass is 9.85. The summed E-state index contributed by atoms with van der Waals surface area (Å²) in [6.45, 7) is 7.53. The third kappa shape index (κ3) is 3.60. The summed E-state index contributed by atoms with van der Waals surface area (Å²) in [5.41, 5.74) is 6.83. The molecule has 1 atom stereocenters. The highest BCUT2D eigenvalue weighted by Gasteiger charge is 2.31. The molecule has 112 valence electrons. The highest BCUT2D eigenvalue weighted by atomic mass is 16.3. The van der Waals surface area contributed by atoms with Crippen LogP contribution < -0.4 is 5.73 Å². The summed E-state index contributed by atoms with van der Waals surface area (Å²) in [6, 6.07) is 9.97. The fraction of sp³-hybridized carbons (Fsp3) is 0.647. The van der Waals surface area contributed by atoms with Crippen molar-refractivity contribution in [3.8, 4) is 0 Å². The summed E-state index contributed by atoms with van der Waals surface area (Å²) in [4.78, 5) is 2.40. The van der Waals surface area contributed by atoms with E-state index in [-0.39, 0.29) is 6.61 Å². The lowest BCUT2D eigenvalue weighted by Crippen LogP contribution is -2.52. The van der Waals surface area contributed by atoms with Crippen LogP contribution in [0.5, 0.6) is 0 Å². The minimum absolute atomic E-state index is 0.0128. The molecule has 0 amide bonds. The molecule has 1 fully saturated rings. The fourth-order valence-corrected chi connectivity index (χ4v) is 3.18. The smallest absolute Gasteiger partial charge is 0.0772 e. The van der Waals surface area contributed by atoms with Crippen LogP contribution in [0.1, 0.15) is 32.3 Å². The van der Waals surface area contributed by atoms with Crippen molar-refractivity contribution >= 4 is 0 Å². The van der Waals surface area contributed by atoms with Crippen molar-refractivity contribution in [2.24, 2.45) is 17.6 Å². The van der Waals surface area contributed by atoms with E-state index in [0.717, 1.165) is 37.0 Å². The van der Waals surface area contributed by atoms with Gasteiger partial charge in [-0.25, -0.2) is 0 Å². The molecular formula is C17H28N2O. The maximum Gasteiger partial charge on any atom is 0.0772 e. The largest absolute Gasteiger partial charge is 0.394 e. The van der Waals surface area contributed by atoms with Crippen molar-refractivity contribution in [3.05, 3.63) is 35.9 Å². The predicted octanol–water partition coefficient (Wildman–Crippen LogP) is 2.20. The van der Waals surface area contributed by atoms with Crippen LogP contribution in [0.25, 0.3) is 0 Å². The summed E-state index contributed by atoms with van der Waals surface area (Å²) in [5, 5.41) is 9.76. The van der Waals surface area contributed by atoms with Crippen molar-refractivity contribution in [3.63, 3.8) is 0 Å². The molecule has 0 spiro atoms. The number of rotatable bonds is 5. The van der Waals surface area contributed by atoms with Crippen LogP contribution in [0.2, 0.25) is 0 Å². The van der Waals surface area contributed by atoms with Gasteiger partial charge in [0.05, 0.1) is 12.1 Å². The van der Waals surface area contributed by atoms with E-state index in [1.165, 1.54) is 12.8 Å². The molecule has 3 heteroatoms. The molecule has 0 aromatic heterocycles. The van der Waals surface area contributed by atoms with Crippen LogP contribution in [0.3, 0.4) is 0 Å². The molecule has 0 aliphatic carbocycles. The summed E-state index contributed by atoms with van der Waals surface area (Å²) in [7, 11) is 0. The number of nitrogens with zero attached hydrogens (tertiary/aromatic N) is 1. The van der Waals surface area contributed by atoms with E-state index in [0.29, 0.717) is 0 Å². The molecule has 0 radical (unpaired) electrons. The molecule has 2 rings (SSSR count). The van der Waals surface area contributed by atoms with Crippen LogP contribution in [0.4, 0.5) is 0 Å². The number of benzene rings is 1. The molecule has 1 saturated heterocycles. The quantitative estimate of drug-likeness (QED) is 0.867. The van der Waals surface area contributed by atoms with Crippen molar-refractivity contribution < 1.29 is 5.11 Å². The predicted molar refractivity (Wildman–Crippen MR) is 83.4 cm³/mol. The molecule has 3 nitrogen and oxygen atoms in total. The number of piperidine rings is 1. The Hall–Kier alpha value is -0.900. The minimum atomic E-state index is -0.647. The number of aliphatic hydroxyl groups excluding tert-OH is 1. The molecule has 1 heterocycles. The second kappa shape index (κ2) is 6.70. The average molecular weight is 276 g/mol. The Kier molecular flexibility index (Phi) is 5.19. The van der Waals surface area contributed by atoms with Gasteiger partial charge < -0.3 is 15.7 Å². The Balaban J connectivity index is 1.98. The van der Waals surface area contributed by atoms with Crippen LogP contribution in [-0.4, -0.2) is 36.2 Å². The normalized spacial score (nSPS) is 21.1. The van der Waals surface area contributed by atoms with Gasteiger partial charge in [-0.2, -0.15) is 0 Å². The highest BCUT2D eigenvalue weighted by molar-refractivity contribution is 5.24. The number of hydrogen-bond acceptors (Lipinski definition) is 3. The van der Waals surface area contributed by atoms with E-state index >= 15 is 0 Å². The summed E-state index contributed by atoms with van der Waals surface area (Å²) in [5.74, 6) is 1.61. The van der Waals surface area contributed by atoms with Gasteiger partial charge in [0.25, 0.3) is 0 Å². The Morgan fingerprint density at radius 1 is 1.25 bits per heavy atom. The van der Waals surface area contributed by atoms with Crippen LogP contribution >= 0.6 is 0 Å². The van der Waals surface area contributed by atoms with Crippen molar-refractivity contribution in [2.75, 3.05) is 26.2 Å². The lowest BCUT2D eigenvalue weighted by Gasteiger charge is -2.39. The highest BCUT2D eigenvalue weighted by Crippen LogP contribution is 2.27. The Bertz CT molecular complexity index is 399. The zero-order valence-electron chi connectivity index (χ0n) is 12.8. The first-order valence-corrected chi connectivity index (χ1v) is 7.73. The van der Waals surface area contributed by atoms with Gasteiger partial charge >= 0.3 is 0 Å². The van der Waals surface area contributed by atoms with Gasteiger partial charge in [-0.05, 0) is 43.3 Å². The van der Waals surface area contributed by atoms with Gasteiger partial charge in [-0.15, -0.1) is 0 Å². The first-order valence-electron chi connectivity index (χ1n) is 7.73. The van der Waals surface area contributed by atoms with E-state index in [1.807, 2.05) is 30.3 Å². The maximum absolute atomic E-state index is 9.76. The summed E-state index contributed by atoms with van der Waals surface area (Å²) >= 11 is 0. The molecule has 1 aromatic carbocycles. The van der Waals surface area contributed by atoms with Gasteiger partial charge in [-0.3, -0.25) is 0 Å². The molecule has 0 saturated carbocycles. The van der Waals surface area contributed by atoms with Gasteiger partial charge in [0, 0.05) is 6.54 Å². The van der Waals surface area contributed by atoms with Crippen molar-refractivity contribution in [2.45, 2.75) is 32.2 Å². The number of nitrogens with two attached hydrogens (primary N) is 1. The molecule has 0 bridgehead atoms. The minimum Gasteiger partial charge on any atom is -0.394 e. The lowest BCUT2D eigenvalue weighted by molar-refractivity contribution is 0.0983. The van der Waals surface area contributed by atoms with E-state index in [1.54, 1.807) is 0 Å². The average Bonchev–Trinajstić information content (AvgIpc) is 2.48.